The Bertz CT molecular complexity index is 545. The molecule has 0 aliphatic carbocycles. The third-order valence-corrected chi connectivity index (χ3v) is 1.73. The van der Waals surface area contributed by atoms with Gasteiger partial charge in [0.05, 0.1) is 11.0 Å². The van der Waals surface area contributed by atoms with Crippen molar-refractivity contribution in [3.05, 3.63) is 30.1 Å². The number of H-pyrrole nitrogens is 1. The predicted octanol–water partition coefficient (Wildman–Crippen LogP) is 0.400. The Balaban J connectivity index is 2.45. The largest absolute Gasteiger partial charge is 0.360 e. The molecule has 0 fully saturated rings. The molecule has 68 valence electrons. The number of hydrogen-bond donors (Lipinski definition) is 2. The van der Waals surface area contributed by atoms with E-state index in [1.54, 1.807) is 12.4 Å². The van der Waals surface area contributed by atoms with E-state index in [1.807, 2.05) is 12.1 Å². The number of carbonyl (C=O) groups is 1. The topological polar surface area (TPSA) is 71.8 Å². The normalized spacial score (nSPS) is 9.43. The van der Waals surface area contributed by atoms with Crippen LogP contribution in [0.4, 0.5) is 0 Å². The molecule has 0 aliphatic heterocycles. The Morgan fingerprint density at radius 2 is 2.43 bits per heavy atom. The van der Waals surface area contributed by atoms with E-state index >= 15 is 0 Å². The molecule has 0 aliphatic rings. The van der Waals surface area contributed by atoms with E-state index in [-0.39, 0.29) is 0 Å². The quantitative estimate of drug-likeness (QED) is 0.583. The van der Waals surface area contributed by atoms with Crippen molar-refractivity contribution in [2.45, 2.75) is 0 Å². The van der Waals surface area contributed by atoms with Crippen molar-refractivity contribution in [3.8, 4) is 11.8 Å². The van der Waals surface area contributed by atoms with Crippen LogP contribution in [0, 0.1) is 11.8 Å². The van der Waals surface area contributed by atoms with Crippen LogP contribution in [0.5, 0.6) is 0 Å². The lowest BCUT2D eigenvalue weighted by atomic mass is 10.2. The summed E-state index contributed by atoms with van der Waals surface area (Å²) in [7, 11) is 0. The second-order valence-corrected chi connectivity index (χ2v) is 2.75. The number of aromatic amines is 1. The highest BCUT2D eigenvalue weighted by Crippen LogP contribution is 2.09. The van der Waals surface area contributed by atoms with E-state index in [0.717, 1.165) is 11.0 Å². The number of hydrogen-bond acceptors (Lipinski definition) is 2. The Hall–Kier alpha value is -2.28. The van der Waals surface area contributed by atoms with Gasteiger partial charge < -0.3 is 10.7 Å². The highest BCUT2D eigenvalue weighted by Gasteiger charge is 1.95. The molecule has 0 atom stereocenters. The highest BCUT2D eigenvalue weighted by atomic mass is 16.1. The molecule has 1 amide bonds. The summed E-state index contributed by atoms with van der Waals surface area (Å²) in [5, 5.41) is 0. The monoisotopic (exact) mass is 185 g/mol. The van der Waals surface area contributed by atoms with Crippen LogP contribution in [0.15, 0.2) is 24.5 Å². The van der Waals surface area contributed by atoms with Gasteiger partial charge in [-0.1, -0.05) is 5.92 Å². The Morgan fingerprint density at radius 3 is 3.21 bits per heavy atom. The van der Waals surface area contributed by atoms with E-state index in [1.165, 1.54) is 0 Å². The van der Waals surface area contributed by atoms with Crippen molar-refractivity contribution in [2.24, 2.45) is 5.73 Å². The molecular weight excluding hydrogens is 178 g/mol. The van der Waals surface area contributed by atoms with Gasteiger partial charge in [0, 0.05) is 23.9 Å². The van der Waals surface area contributed by atoms with E-state index in [9.17, 15) is 4.79 Å². The minimum Gasteiger partial charge on any atom is -0.360 e. The van der Waals surface area contributed by atoms with Crippen LogP contribution < -0.4 is 5.73 Å². The summed E-state index contributed by atoms with van der Waals surface area (Å²) in [5.74, 6) is 4.23. The molecule has 0 saturated carbocycles. The van der Waals surface area contributed by atoms with E-state index < -0.39 is 5.91 Å². The standard InChI is InChI=1S/C10H7N3O/c11-10(14)2-1-7-5-9-8(13-6-7)3-4-12-9/h3-6,12H,(H2,11,14). The zero-order valence-corrected chi connectivity index (χ0v) is 7.24. The molecule has 0 saturated heterocycles. The first-order chi connectivity index (χ1) is 6.75. The highest BCUT2D eigenvalue weighted by molar-refractivity contribution is 5.92. The average molecular weight is 185 g/mol. The molecule has 2 heterocycles. The molecule has 2 aromatic rings. The summed E-state index contributed by atoms with van der Waals surface area (Å²) >= 11 is 0. The number of nitrogens with zero attached hydrogens (tertiary/aromatic N) is 1. The van der Waals surface area contributed by atoms with Crippen LogP contribution in [0.3, 0.4) is 0 Å². The van der Waals surface area contributed by atoms with Gasteiger partial charge in [-0.15, -0.1) is 0 Å². The summed E-state index contributed by atoms with van der Waals surface area (Å²) < 4.78 is 0. The Kier molecular flexibility index (Phi) is 1.92. The van der Waals surface area contributed by atoms with Crippen molar-refractivity contribution in [1.82, 2.24) is 9.97 Å². The summed E-state index contributed by atoms with van der Waals surface area (Å²) in [5.41, 5.74) is 7.32. The molecular formula is C10H7N3O. The zero-order chi connectivity index (χ0) is 9.97. The Labute approximate surface area is 80.1 Å². The van der Waals surface area contributed by atoms with Crippen LogP contribution in [-0.4, -0.2) is 15.9 Å². The summed E-state index contributed by atoms with van der Waals surface area (Å²) in [6.07, 6.45) is 3.40. The lowest BCUT2D eigenvalue weighted by molar-refractivity contribution is -0.112. The van der Waals surface area contributed by atoms with Crippen molar-refractivity contribution in [3.63, 3.8) is 0 Å². The van der Waals surface area contributed by atoms with E-state index in [0.29, 0.717) is 5.56 Å². The lowest BCUT2D eigenvalue weighted by Gasteiger charge is -1.90. The molecule has 0 bridgehead atoms. The number of fused-ring (bicyclic) bond motifs is 1. The number of primary amides is 1. The molecule has 0 spiro atoms. The van der Waals surface area contributed by atoms with E-state index in [2.05, 4.69) is 21.8 Å². The van der Waals surface area contributed by atoms with Crippen LogP contribution in [0.25, 0.3) is 11.0 Å². The fourth-order valence-corrected chi connectivity index (χ4v) is 1.14. The fourth-order valence-electron chi connectivity index (χ4n) is 1.14. The molecule has 2 aromatic heterocycles. The van der Waals surface area contributed by atoms with Crippen LogP contribution >= 0.6 is 0 Å². The summed E-state index contributed by atoms with van der Waals surface area (Å²) in [6, 6.07) is 3.68. The molecule has 3 N–H and O–H groups in total. The van der Waals surface area contributed by atoms with Crippen molar-refractivity contribution in [1.29, 1.82) is 0 Å². The molecule has 0 radical (unpaired) electrons. The van der Waals surface area contributed by atoms with Crippen LogP contribution in [0.2, 0.25) is 0 Å². The molecule has 4 nitrogen and oxygen atoms in total. The van der Waals surface area contributed by atoms with Gasteiger partial charge in [0.25, 0.3) is 5.91 Å². The van der Waals surface area contributed by atoms with Gasteiger partial charge in [-0.3, -0.25) is 9.78 Å². The molecule has 2 rings (SSSR count). The predicted molar refractivity (Wildman–Crippen MR) is 52.2 cm³/mol. The minimum atomic E-state index is -0.642. The summed E-state index contributed by atoms with van der Waals surface area (Å²) in [6.45, 7) is 0. The number of amides is 1. The van der Waals surface area contributed by atoms with Gasteiger partial charge in [-0.05, 0) is 12.1 Å². The molecule has 14 heavy (non-hydrogen) atoms. The molecule has 0 unspecified atom stereocenters. The van der Waals surface area contributed by atoms with Gasteiger partial charge in [-0.25, -0.2) is 0 Å². The van der Waals surface area contributed by atoms with Gasteiger partial charge >= 0.3 is 0 Å². The second-order valence-electron chi connectivity index (χ2n) is 2.75. The van der Waals surface area contributed by atoms with E-state index in [4.69, 9.17) is 5.73 Å². The molecule has 4 heteroatoms. The van der Waals surface area contributed by atoms with Crippen LogP contribution in [-0.2, 0) is 4.79 Å². The zero-order valence-electron chi connectivity index (χ0n) is 7.24. The maximum atomic E-state index is 10.4. The smallest absolute Gasteiger partial charge is 0.293 e. The average Bonchev–Trinajstić information content (AvgIpc) is 2.61. The third kappa shape index (κ3) is 1.57. The second kappa shape index (κ2) is 3.23. The van der Waals surface area contributed by atoms with Crippen LogP contribution in [0.1, 0.15) is 5.56 Å². The Morgan fingerprint density at radius 1 is 1.57 bits per heavy atom. The first-order valence-electron chi connectivity index (χ1n) is 4.00. The first-order valence-corrected chi connectivity index (χ1v) is 4.00. The van der Waals surface area contributed by atoms with Crippen molar-refractivity contribution >= 4 is 16.9 Å². The van der Waals surface area contributed by atoms with Crippen molar-refractivity contribution < 1.29 is 4.79 Å². The van der Waals surface area contributed by atoms with Gasteiger partial charge in [0.15, 0.2) is 0 Å². The first kappa shape index (κ1) is 8.32. The summed E-state index contributed by atoms with van der Waals surface area (Å²) in [4.78, 5) is 17.5. The van der Waals surface area contributed by atoms with Gasteiger partial charge in [0.2, 0.25) is 0 Å². The fraction of sp³-hybridized carbons (Fsp3) is 0. The maximum Gasteiger partial charge on any atom is 0.293 e. The van der Waals surface area contributed by atoms with Crippen molar-refractivity contribution in [2.75, 3.05) is 0 Å². The SMILES string of the molecule is NC(=O)C#Cc1cnc2cc[nH]c2c1. The molecule has 0 aromatic carbocycles. The number of aromatic nitrogens is 2. The number of carbonyl (C=O) groups excluding carboxylic acids is 1. The number of nitrogens with two attached hydrogens (primary N) is 1. The third-order valence-electron chi connectivity index (χ3n) is 1.73. The number of nitrogens with one attached hydrogen (secondary N) is 1. The number of rotatable bonds is 0. The van der Waals surface area contributed by atoms with Gasteiger partial charge in [-0.2, -0.15) is 0 Å². The minimum absolute atomic E-state index is 0.642. The maximum absolute atomic E-state index is 10.4. The lowest BCUT2D eigenvalue weighted by Crippen LogP contribution is -2.06. The number of pyridine rings is 1. The van der Waals surface area contributed by atoms with Gasteiger partial charge in [0.1, 0.15) is 0 Å².